The van der Waals surface area contributed by atoms with E-state index in [4.69, 9.17) is 9.47 Å². The number of likely N-dealkylation sites (tertiary alicyclic amines) is 1. The lowest BCUT2D eigenvalue weighted by molar-refractivity contribution is -0.123. The van der Waals surface area contributed by atoms with Crippen molar-refractivity contribution in [1.29, 1.82) is 0 Å². The molecule has 0 aliphatic carbocycles. The molecule has 1 aliphatic rings. The molecule has 0 radical (unpaired) electrons. The van der Waals surface area contributed by atoms with E-state index in [2.05, 4.69) is 12.2 Å². The van der Waals surface area contributed by atoms with Crippen LogP contribution in [0, 0.1) is 17.7 Å². The van der Waals surface area contributed by atoms with Crippen LogP contribution in [0.5, 0.6) is 11.5 Å². The predicted octanol–water partition coefficient (Wildman–Crippen LogP) is 4.04. The molecule has 0 saturated carbocycles. The number of nitrogens with one attached hydrogen (secondary N) is 1. The zero-order chi connectivity index (χ0) is 23.1. The Morgan fingerprint density at radius 1 is 1.06 bits per heavy atom. The Hall–Kier alpha value is -3.09. The molecule has 6 nitrogen and oxygen atoms in total. The number of benzene rings is 2. The molecule has 1 N–H and O–H groups in total. The normalized spacial score (nSPS) is 18.2. The number of nitrogens with zero attached hydrogens (tertiary/aromatic N) is 1. The molecule has 0 aromatic heterocycles. The van der Waals surface area contributed by atoms with Crippen molar-refractivity contribution >= 4 is 11.8 Å². The molecule has 7 heteroatoms. The Balaban J connectivity index is 1.53. The van der Waals surface area contributed by atoms with Crippen molar-refractivity contribution in [3.8, 4) is 11.5 Å². The maximum absolute atomic E-state index is 13.2. The van der Waals surface area contributed by atoms with Gasteiger partial charge in [0.2, 0.25) is 5.91 Å². The quantitative estimate of drug-likeness (QED) is 0.670. The minimum Gasteiger partial charge on any atom is -0.493 e. The molecule has 32 heavy (non-hydrogen) atoms. The van der Waals surface area contributed by atoms with Crippen molar-refractivity contribution in [3.05, 3.63) is 59.4 Å². The fourth-order valence-electron chi connectivity index (χ4n) is 4.27. The topological polar surface area (TPSA) is 67.9 Å². The van der Waals surface area contributed by atoms with Crippen molar-refractivity contribution in [2.45, 2.75) is 32.7 Å². The third kappa shape index (κ3) is 5.78. The van der Waals surface area contributed by atoms with E-state index in [1.54, 1.807) is 14.2 Å². The maximum atomic E-state index is 13.2. The van der Waals surface area contributed by atoms with Crippen LogP contribution >= 0.6 is 0 Å². The average molecular weight is 443 g/mol. The van der Waals surface area contributed by atoms with Crippen molar-refractivity contribution < 1.29 is 23.5 Å². The summed E-state index contributed by atoms with van der Waals surface area (Å²) in [5.74, 6) is 1.31. The van der Waals surface area contributed by atoms with Crippen molar-refractivity contribution in [1.82, 2.24) is 10.2 Å². The third-order valence-electron chi connectivity index (χ3n) is 6.18. The zero-order valence-corrected chi connectivity index (χ0v) is 18.9. The molecule has 2 atom stereocenters. The van der Waals surface area contributed by atoms with E-state index < -0.39 is 0 Å². The molecule has 0 spiro atoms. The highest BCUT2D eigenvalue weighted by Gasteiger charge is 2.32. The Morgan fingerprint density at radius 3 is 2.44 bits per heavy atom. The van der Waals surface area contributed by atoms with E-state index in [1.165, 1.54) is 24.3 Å². The lowest BCUT2D eigenvalue weighted by atomic mass is 9.81. The average Bonchev–Trinajstić information content (AvgIpc) is 2.82. The number of halogens is 1. The van der Waals surface area contributed by atoms with Crippen LogP contribution in [0.4, 0.5) is 4.39 Å². The Morgan fingerprint density at radius 2 is 1.78 bits per heavy atom. The van der Waals surface area contributed by atoms with Crippen LogP contribution in [0.2, 0.25) is 0 Å². The summed E-state index contributed by atoms with van der Waals surface area (Å²) in [6, 6.07) is 11.2. The van der Waals surface area contributed by atoms with Gasteiger partial charge in [0, 0.05) is 31.6 Å². The highest BCUT2D eigenvalue weighted by atomic mass is 19.1. The van der Waals surface area contributed by atoms with Gasteiger partial charge in [0.25, 0.3) is 5.91 Å². The fourth-order valence-corrected chi connectivity index (χ4v) is 4.27. The van der Waals surface area contributed by atoms with Crippen LogP contribution < -0.4 is 14.8 Å². The summed E-state index contributed by atoms with van der Waals surface area (Å²) >= 11 is 0. The van der Waals surface area contributed by atoms with E-state index in [9.17, 15) is 14.0 Å². The number of methoxy groups -OCH3 is 2. The number of hydrogen-bond donors (Lipinski definition) is 1. The second-order valence-electron chi connectivity index (χ2n) is 8.15. The lowest BCUT2D eigenvalue weighted by Gasteiger charge is -2.38. The van der Waals surface area contributed by atoms with Gasteiger partial charge < -0.3 is 19.7 Å². The number of hydrogen-bond acceptors (Lipinski definition) is 4. The van der Waals surface area contributed by atoms with E-state index in [1.807, 2.05) is 23.1 Å². The number of piperidine rings is 1. The van der Waals surface area contributed by atoms with Crippen LogP contribution in [-0.4, -0.2) is 44.0 Å². The van der Waals surface area contributed by atoms with Gasteiger partial charge in [0.15, 0.2) is 11.5 Å². The summed E-state index contributed by atoms with van der Waals surface area (Å²) in [7, 11) is 3.17. The van der Waals surface area contributed by atoms with Gasteiger partial charge in [0.1, 0.15) is 5.82 Å². The first-order valence-electron chi connectivity index (χ1n) is 11.0. The first kappa shape index (κ1) is 23.6. The summed E-state index contributed by atoms with van der Waals surface area (Å²) in [4.78, 5) is 27.2. The van der Waals surface area contributed by atoms with E-state index in [0.29, 0.717) is 43.1 Å². The van der Waals surface area contributed by atoms with E-state index in [-0.39, 0.29) is 29.5 Å². The molecule has 1 saturated heterocycles. The van der Waals surface area contributed by atoms with Crippen molar-refractivity contribution in [2.24, 2.45) is 11.8 Å². The van der Waals surface area contributed by atoms with Gasteiger partial charge >= 0.3 is 0 Å². The molecule has 2 aromatic carbocycles. The molecule has 3 rings (SSSR count). The summed E-state index contributed by atoms with van der Waals surface area (Å²) in [6.45, 7) is 3.71. The van der Waals surface area contributed by atoms with Gasteiger partial charge in [-0.05, 0) is 60.2 Å². The first-order valence-corrected chi connectivity index (χ1v) is 11.0. The van der Waals surface area contributed by atoms with Gasteiger partial charge in [-0.3, -0.25) is 9.59 Å². The highest BCUT2D eigenvalue weighted by Crippen LogP contribution is 2.30. The molecule has 1 heterocycles. The summed E-state index contributed by atoms with van der Waals surface area (Å²) in [6.07, 6.45) is 2.10. The van der Waals surface area contributed by atoms with Crippen LogP contribution in [0.3, 0.4) is 0 Å². The molecule has 0 bridgehead atoms. The Labute approximate surface area is 188 Å². The third-order valence-corrected chi connectivity index (χ3v) is 6.18. The predicted molar refractivity (Wildman–Crippen MR) is 120 cm³/mol. The molecule has 2 amide bonds. The second-order valence-corrected chi connectivity index (χ2v) is 8.15. The lowest BCUT2D eigenvalue weighted by Crippen LogP contribution is -2.44. The van der Waals surface area contributed by atoms with Crippen LogP contribution in [-0.2, 0) is 11.3 Å². The number of carbonyl (C=O) groups is 2. The molecule has 2 aromatic rings. The standard InChI is InChI=1S/C25H31FN2O4/c1-4-18-16-28(25(30)19-6-8-21(26)9-7-19)12-11-20(18)14-24(29)27-15-17-5-10-22(31-2)23(13-17)32-3/h5-10,13,18,20H,4,11-12,14-16H2,1-3H3,(H,27,29)/t18-,20-/m0/s1. The monoisotopic (exact) mass is 442 g/mol. The van der Waals surface area contributed by atoms with Crippen molar-refractivity contribution in [2.75, 3.05) is 27.3 Å². The second kappa shape index (κ2) is 11.0. The van der Waals surface area contributed by atoms with Gasteiger partial charge in [0.05, 0.1) is 14.2 Å². The number of carbonyl (C=O) groups excluding carboxylic acids is 2. The summed E-state index contributed by atoms with van der Waals surface area (Å²) < 4.78 is 23.7. The van der Waals surface area contributed by atoms with E-state index in [0.717, 1.165) is 18.4 Å². The molecule has 1 fully saturated rings. The maximum Gasteiger partial charge on any atom is 0.253 e. The SMILES string of the molecule is CC[C@H]1CN(C(=O)c2ccc(F)cc2)CC[C@H]1CC(=O)NCc1ccc(OC)c(OC)c1. The molecule has 0 unspecified atom stereocenters. The number of rotatable bonds is 8. The highest BCUT2D eigenvalue weighted by molar-refractivity contribution is 5.94. The van der Waals surface area contributed by atoms with Crippen LogP contribution in [0.25, 0.3) is 0 Å². The van der Waals surface area contributed by atoms with E-state index >= 15 is 0 Å². The smallest absolute Gasteiger partial charge is 0.253 e. The summed E-state index contributed by atoms with van der Waals surface area (Å²) in [5.41, 5.74) is 1.43. The number of ether oxygens (including phenoxy) is 2. The van der Waals surface area contributed by atoms with Crippen molar-refractivity contribution in [3.63, 3.8) is 0 Å². The van der Waals surface area contributed by atoms with Gasteiger partial charge in [-0.15, -0.1) is 0 Å². The minimum atomic E-state index is -0.356. The summed E-state index contributed by atoms with van der Waals surface area (Å²) in [5, 5.41) is 2.99. The van der Waals surface area contributed by atoms with Gasteiger partial charge in [-0.1, -0.05) is 19.4 Å². The van der Waals surface area contributed by atoms with Gasteiger partial charge in [-0.25, -0.2) is 4.39 Å². The van der Waals surface area contributed by atoms with Crippen LogP contribution in [0.15, 0.2) is 42.5 Å². The Kier molecular flexibility index (Phi) is 8.09. The Bertz CT molecular complexity index is 932. The largest absolute Gasteiger partial charge is 0.493 e. The molecular formula is C25H31FN2O4. The first-order chi connectivity index (χ1) is 15.4. The van der Waals surface area contributed by atoms with Gasteiger partial charge in [-0.2, -0.15) is 0 Å². The molecular weight excluding hydrogens is 411 g/mol. The molecule has 1 aliphatic heterocycles. The molecule has 172 valence electrons. The number of amides is 2. The van der Waals surface area contributed by atoms with Crippen LogP contribution in [0.1, 0.15) is 42.1 Å². The zero-order valence-electron chi connectivity index (χ0n) is 18.9. The fraction of sp³-hybridized carbons (Fsp3) is 0.440. The minimum absolute atomic E-state index is 0.00143.